The first-order valence-electron chi connectivity index (χ1n) is 13.8. The number of hydrogen-bond acceptors (Lipinski definition) is 7. The van der Waals surface area contributed by atoms with Gasteiger partial charge in [-0.2, -0.15) is 5.10 Å². The Labute approximate surface area is 252 Å². The zero-order valence-corrected chi connectivity index (χ0v) is 25.0. The standard InChI is InChI=1S/C31H29FN8O3S/c1-17(2)6-29(41)36-22-10-20(13-33-14-22)25-4-5-26-30(38-25)31(40-39-26)27-11-23-24(15-34-16-28(23)37-27)19-7-18(8-21(32)9-19)12-35-44(3,42)43/h4-5,7-11,13-17,35,37H,6,12H2,1-3H3,(H,36,41)(H,39,40). The lowest BCUT2D eigenvalue weighted by Crippen LogP contribution is -2.21. The molecule has 6 aromatic rings. The molecule has 0 aliphatic rings. The molecule has 0 aliphatic heterocycles. The fourth-order valence-electron chi connectivity index (χ4n) is 5.01. The van der Waals surface area contributed by atoms with Crippen molar-refractivity contribution in [1.82, 2.24) is 34.9 Å². The van der Waals surface area contributed by atoms with Crippen LogP contribution in [-0.4, -0.2) is 50.7 Å². The van der Waals surface area contributed by atoms with Crippen molar-refractivity contribution in [3.05, 3.63) is 78.6 Å². The molecule has 5 aromatic heterocycles. The lowest BCUT2D eigenvalue weighted by molar-refractivity contribution is -0.116. The van der Waals surface area contributed by atoms with Gasteiger partial charge in [-0.05, 0) is 59.5 Å². The van der Waals surface area contributed by atoms with Crippen LogP contribution in [0.15, 0.2) is 67.3 Å². The Balaban J connectivity index is 1.36. The van der Waals surface area contributed by atoms with Crippen molar-refractivity contribution in [2.75, 3.05) is 11.6 Å². The van der Waals surface area contributed by atoms with Gasteiger partial charge in [0.25, 0.3) is 0 Å². The SMILES string of the molecule is CC(C)CC(=O)Nc1cncc(-c2ccc3[nH]nc(-c4cc5c(-c6cc(F)cc(CNS(C)(=O)=O)c6)cncc5[nH]4)c3n2)c1. The number of fused-ring (bicyclic) bond motifs is 2. The van der Waals surface area contributed by atoms with E-state index < -0.39 is 15.8 Å². The van der Waals surface area contributed by atoms with Gasteiger partial charge in [0.05, 0.1) is 46.8 Å². The van der Waals surface area contributed by atoms with Crippen molar-refractivity contribution in [2.45, 2.75) is 26.8 Å². The normalized spacial score (nSPS) is 11.9. The fraction of sp³-hybridized carbons (Fsp3) is 0.194. The summed E-state index contributed by atoms with van der Waals surface area (Å²) < 4.78 is 40.1. The molecule has 6 rings (SSSR count). The van der Waals surface area contributed by atoms with E-state index >= 15 is 0 Å². The molecule has 1 aromatic carbocycles. The summed E-state index contributed by atoms with van der Waals surface area (Å²) in [5.74, 6) is -0.331. The molecule has 0 aliphatic carbocycles. The lowest BCUT2D eigenvalue weighted by Gasteiger charge is -2.08. The van der Waals surface area contributed by atoms with Crippen LogP contribution in [0.5, 0.6) is 0 Å². The van der Waals surface area contributed by atoms with Crippen molar-refractivity contribution in [3.63, 3.8) is 0 Å². The molecule has 0 saturated carbocycles. The van der Waals surface area contributed by atoms with E-state index in [1.807, 2.05) is 38.1 Å². The number of nitrogens with one attached hydrogen (secondary N) is 4. The Morgan fingerprint density at radius 2 is 1.80 bits per heavy atom. The number of nitrogens with zero attached hydrogens (tertiary/aromatic N) is 4. The van der Waals surface area contributed by atoms with Crippen LogP contribution in [0.2, 0.25) is 0 Å². The molecule has 11 nitrogen and oxygen atoms in total. The predicted molar refractivity (Wildman–Crippen MR) is 167 cm³/mol. The minimum atomic E-state index is -3.45. The van der Waals surface area contributed by atoms with Crippen LogP contribution in [0, 0.1) is 11.7 Å². The van der Waals surface area contributed by atoms with E-state index in [0.717, 1.165) is 22.7 Å². The molecule has 44 heavy (non-hydrogen) atoms. The number of rotatable bonds is 9. The van der Waals surface area contributed by atoms with Crippen LogP contribution < -0.4 is 10.0 Å². The maximum atomic E-state index is 14.6. The quantitative estimate of drug-likeness (QED) is 0.170. The molecule has 13 heteroatoms. The smallest absolute Gasteiger partial charge is 0.224 e. The highest BCUT2D eigenvalue weighted by atomic mass is 32.2. The van der Waals surface area contributed by atoms with Crippen molar-refractivity contribution in [2.24, 2.45) is 5.92 Å². The first-order chi connectivity index (χ1) is 21.0. The minimum Gasteiger partial charge on any atom is -0.352 e. The topological polar surface area (TPSA) is 158 Å². The number of hydrogen-bond donors (Lipinski definition) is 4. The van der Waals surface area contributed by atoms with Crippen LogP contribution in [0.25, 0.3) is 55.7 Å². The molecule has 0 spiro atoms. The van der Waals surface area contributed by atoms with E-state index in [1.165, 1.54) is 12.1 Å². The highest BCUT2D eigenvalue weighted by Gasteiger charge is 2.17. The Bertz CT molecular complexity index is 2140. The van der Waals surface area contributed by atoms with E-state index in [9.17, 15) is 17.6 Å². The Kier molecular flexibility index (Phi) is 7.66. The van der Waals surface area contributed by atoms with Gasteiger partial charge in [-0.3, -0.25) is 19.9 Å². The van der Waals surface area contributed by atoms with Gasteiger partial charge in [-0.15, -0.1) is 0 Å². The van der Waals surface area contributed by atoms with Crippen molar-refractivity contribution in [1.29, 1.82) is 0 Å². The second-order valence-corrected chi connectivity index (χ2v) is 12.9. The maximum Gasteiger partial charge on any atom is 0.224 e. The predicted octanol–water partition coefficient (Wildman–Crippen LogP) is 5.40. The average molecular weight is 613 g/mol. The van der Waals surface area contributed by atoms with Gasteiger partial charge in [-0.1, -0.05) is 13.8 Å². The maximum absolute atomic E-state index is 14.6. The Morgan fingerprint density at radius 1 is 0.977 bits per heavy atom. The summed E-state index contributed by atoms with van der Waals surface area (Å²) in [4.78, 5) is 29.1. The average Bonchev–Trinajstić information content (AvgIpc) is 3.59. The van der Waals surface area contributed by atoms with Crippen LogP contribution in [-0.2, 0) is 21.4 Å². The van der Waals surface area contributed by atoms with Gasteiger partial charge in [-0.25, -0.2) is 22.5 Å². The highest BCUT2D eigenvalue weighted by Crippen LogP contribution is 2.34. The van der Waals surface area contributed by atoms with Gasteiger partial charge >= 0.3 is 0 Å². The third kappa shape index (κ3) is 6.33. The number of H-pyrrole nitrogens is 2. The summed E-state index contributed by atoms with van der Waals surface area (Å²) in [7, 11) is -3.45. The molecular weight excluding hydrogens is 583 g/mol. The molecule has 0 unspecified atom stereocenters. The Morgan fingerprint density at radius 3 is 2.59 bits per heavy atom. The molecule has 0 radical (unpaired) electrons. The Hall–Kier alpha value is -5.01. The first-order valence-corrected chi connectivity index (χ1v) is 15.7. The zero-order chi connectivity index (χ0) is 31.0. The zero-order valence-electron chi connectivity index (χ0n) is 24.1. The largest absolute Gasteiger partial charge is 0.352 e. The molecule has 0 bridgehead atoms. The fourth-order valence-corrected chi connectivity index (χ4v) is 5.44. The van der Waals surface area contributed by atoms with Crippen LogP contribution >= 0.6 is 0 Å². The van der Waals surface area contributed by atoms with Gasteiger partial charge in [0.1, 0.15) is 17.0 Å². The van der Waals surface area contributed by atoms with Crippen LogP contribution in [0.3, 0.4) is 0 Å². The van der Waals surface area contributed by atoms with Gasteiger partial charge in [0.15, 0.2) is 0 Å². The summed E-state index contributed by atoms with van der Waals surface area (Å²) in [6, 6.07) is 11.9. The third-order valence-electron chi connectivity index (χ3n) is 6.93. The molecule has 0 atom stereocenters. The van der Waals surface area contributed by atoms with E-state index in [1.54, 1.807) is 30.9 Å². The second-order valence-electron chi connectivity index (χ2n) is 11.0. The number of pyridine rings is 3. The summed E-state index contributed by atoms with van der Waals surface area (Å²) in [5, 5.41) is 11.2. The van der Waals surface area contributed by atoms with Crippen molar-refractivity contribution < 1.29 is 17.6 Å². The summed E-state index contributed by atoms with van der Waals surface area (Å²) in [6.07, 6.45) is 8.07. The molecular formula is C31H29FN8O3S. The lowest BCUT2D eigenvalue weighted by atomic mass is 10.0. The number of carbonyl (C=O) groups excluding carboxylic acids is 1. The number of aromatic nitrogens is 6. The monoisotopic (exact) mass is 612 g/mol. The van der Waals surface area contributed by atoms with Crippen molar-refractivity contribution in [3.8, 4) is 33.8 Å². The van der Waals surface area contributed by atoms with Gasteiger partial charge in [0, 0.05) is 41.9 Å². The number of amides is 1. The van der Waals surface area contributed by atoms with E-state index in [-0.39, 0.29) is 18.4 Å². The van der Waals surface area contributed by atoms with Crippen LogP contribution in [0.1, 0.15) is 25.8 Å². The van der Waals surface area contributed by atoms with E-state index in [2.05, 4.69) is 35.2 Å². The molecule has 1 amide bonds. The van der Waals surface area contributed by atoms with E-state index in [0.29, 0.717) is 56.9 Å². The number of anilines is 1. The number of carbonyl (C=O) groups is 1. The van der Waals surface area contributed by atoms with Gasteiger partial charge in [0.2, 0.25) is 15.9 Å². The first kappa shape index (κ1) is 29.1. The number of sulfonamides is 1. The van der Waals surface area contributed by atoms with E-state index in [4.69, 9.17) is 4.98 Å². The number of benzene rings is 1. The summed E-state index contributed by atoms with van der Waals surface area (Å²) in [5.41, 5.74) is 6.99. The molecule has 5 heterocycles. The second kappa shape index (κ2) is 11.6. The molecule has 0 fully saturated rings. The summed E-state index contributed by atoms with van der Waals surface area (Å²) in [6.45, 7) is 3.93. The van der Waals surface area contributed by atoms with Crippen molar-refractivity contribution >= 4 is 43.6 Å². The number of halogens is 1. The minimum absolute atomic E-state index is 0.0403. The number of aromatic amines is 2. The third-order valence-corrected chi connectivity index (χ3v) is 7.60. The highest BCUT2D eigenvalue weighted by molar-refractivity contribution is 7.88. The summed E-state index contributed by atoms with van der Waals surface area (Å²) >= 11 is 0. The van der Waals surface area contributed by atoms with Crippen LogP contribution in [0.4, 0.5) is 10.1 Å². The van der Waals surface area contributed by atoms with Gasteiger partial charge < -0.3 is 10.3 Å². The molecule has 4 N–H and O–H groups in total. The molecule has 0 saturated heterocycles. The molecule has 224 valence electrons.